The Morgan fingerprint density at radius 3 is 0.910 bits per heavy atom. The van der Waals surface area contributed by atoms with E-state index in [0.29, 0.717) is 0 Å². The Kier molecular flexibility index (Phi) is 15.5. The van der Waals surface area contributed by atoms with E-state index in [1.807, 2.05) is 22.7 Å². The van der Waals surface area contributed by atoms with E-state index in [0.717, 1.165) is 144 Å². The number of para-hydroxylation sites is 2. The van der Waals surface area contributed by atoms with E-state index in [1.165, 1.54) is 107 Å². The van der Waals surface area contributed by atoms with Crippen LogP contribution in [-0.4, -0.2) is 0 Å². The van der Waals surface area contributed by atoms with Crippen LogP contribution in [0.4, 0.5) is 34.1 Å². The van der Waals surface area contributed by atoms with Gasteiger partial charge in [-0.25, -0.2) is 0 Å². The van der Waals surface area contributed by atoms with Crippen LogP contribution in [-0.2, 0) is 10.8 Å². The van der Waals surface area contributed by atoms with Crippen LogP contribution in [0, 0.1) is 27.7 Å². The van der Waals surface area contributed by atoms with Gasteiger partial charge in [-0.05, 0) is 260 Å². The first-order chi connectivity index (χ1) is 60.0. The zero-order valence-electron chi connectivity index (χ0n) is 67.5. The van der Waals surface area contributed by atoms with Gasteiger partial charge in [-0.1, -0.05) is 289 Å². The Balaban J connectivity index is 0.810. The molecule has 2 aliphatic rings. The lowest BCUT2D eigenvalue weighted by Gasteiger charge is -2.46. The maximum Gasteiger partial charge on any atom is 0.135 e. The molecule has 19 aromatic carbocycles. The van der Waals surface area contributed by atoms with Crippen molar-refractivity contribution in [2.75, 3.05) is 9.80 Å². The Bertz CT molecular complexity index is 7710. The second kappa shape index (κ2) is 26.9. The van der Waals surface area contributed by atoms with Gasteiger partial charge < -0.3 is 18.6 Å². The highest BCUT2D eigenvalue weighted by Crippen LogP contribution is 2.63. The van der Waals surface area contributed by atoms with Crippen molar-refractivity contribution in [3.63, 3.8) is 0 Å². The lowest BCUT2D eigenvalue weighted by atomic mass is 9.62. The van der Waals surface area contributed by atoms with Crippen molar-refractivity contribution in [1.29, 1.82) is 0 Å². The molecule has 122 heavy (non-hydrogen) atoms. The molecular formula is C116H76N2O2S2. The monoisotopic (exact) mass is 1590 g/mol. The fraction of sp³-hybridized carbons (Fsp3) is 0.0517. The SMILES string of the molecule is Cc1ccc(C2(c3ccc(C)cc3)c3ccccc3N(c3ccc4c(-c5ccc6oc7ccc(-c8ccccc8)cc7c6c5)c5cc(N6c7ccccc7C(c7ccc(C)cc7)(c7ccc(C)cc7)c7cc8c(cc76)sc6ccccc68)ccc5c(-c5ccc6oc7ccc(-c8ccccc8)cc7c6c5)c4c3)c3cc4sc5ccccc5c4cc32)cc1. The van der Waals surface area contributed by atoms with Gasteiger partial charge in [0.2, 0.25) is 0 Å². The number of thiophene rings is 2. The summed E-state index contributed by atoms with van der Waals surface area (Å²) in [6, 6.07) is 148. The van der Waals surface area contributed by atoms with Crippen molar-refractivity contribution in [2.24, 2.45) is 0 Å². The van der Waals surface area contributed by atoms with Gasteiger partial charge in [0.15, 0.2) is 0 Å². The zero-order chi connectivity index (χ0) is 80.8. The molecule has 0 saturated heterocycles. The minimum absolute atomic E-state index is 0.743. The second-order valence-corrected chi connectivity index (χ2v) is 35.8. The molecule has 6 heteroatoms. The van der Waals surface area contributed by atoms with Crippen LogP contribution in [0.15, 0.2) is 397 Å². The van der Waals surface area contributed by atoms with Gasteiger partial charge in [-0.15, -0.1) is 22.7 Å². The first-order valence-electron chi connectivity index (χ1n) is 42.1. The topological polar surface area (TPSA) is 32.8 Å². The summed E-state index contributed by atoms with van der Waals surface area (Å²) in [5.74, 6) is 0. The minimum atomic E-state index is -0.743. The van der Waals surface area contributed by atoms with Gasteiger partial charge in [0.25, 0.3) is 0 Å². The molecule has 6 heterocycles. The maximum atomic E-state index is 6.93. The third-order valence-electron chi connectivity index (χ3n) is 26.6. The molecule has 0 aliphatic carbocycles. The summed E-state index contributed by atoms with van der Waals surface area (Å²) in [6.07, 6.45) is 0. The van der Waals surface area contributed by atoms with Gasteiger partial charge in [0.05, 0.1) is 33.6 Å². The van der Waals surface area contributed by atoms with Gasteiger partial charge in [0, 0.05) is 73.3 Å². The highest BCUT2D eigenvalue weighted by atomic mass is 32.1. The highest BCUT2D eigenvalue weighted by Gasteiger charge is 2.49. The molecule has 23 aromatic rings. The summed E-state index contributed by atoms with van der Waals surface area (Å²) in [6.45, 7) is 8.80. The summed E-state index contributed by atoms with van der Waals surface area (Å²) < 4.78 is 18.9. The van der Waals surface area contributed by atoms with Crippen molar-refractivity contribution < 1.29 is 8.83 Å². The van der Waals surface area contributed by atoms with Crippen LogP contribution in [0.1, 0.15) is 66.8 Å². The van der Waals surface area contributed by atoms with Gasteiger partial charge in [-0.3, -0.25) is 0 Å². The molecule has 574 valence electrons. The molecule has 4 aromatic heterocycles. The number of rotatable bonds is 10. The standard InChI is InChI=1S/C116H76N2O2S2/c1-69-31-43-79(44-32-69)115(80-45-33-70(2)34-46-80)97-25-13-15-27-101(97)117(103-67-111-93(65-99(103)115)85-23-11-17-29-109(85)121-111)83-51-53-87-95(63-83)113(77-41-57-107-91(61-77)89-59-75(39-55-105(89)119-107)73-19-7-5-8-20-73)88-54-52-84(64-96(88)114(87)78-42-58-108-92(62-78)90-60-76(40-56-106(90)120-108)74-21-9-6-10-22-74)118-102-28-16-14-26-98(102)116(81-47-35-71(3)36-48-81,82-49-37-72(4)38-50-82)100-66-94-86-24-12-18-30-110(86)122-112(94)68-104(100)118/h5-68H,1-4H3. The Morgan fingerprint density at radius 1 is 0.205 bits per heavy atom. The van der Waals surface area contributed by atoms with Crippen molar-refractivity contribution in [3.05, 3.63) is 455 Å². The summed E-state index contributed by atoms with van der Waals surface area (Å²) >= 11 is 3.75. The Hall–Kier alpha value is -14.7. The summed E-state index contributed by atoms with van der Waals surface area (Å²) in [7, 11) is 0. The lowest BCUT2D eigenvalue weighted by Crippen LogP contribution is -2.37. The van der Waals surface area contributed by atoms with E-state index in [2.05, 4.69) is 426 Å². The first-order valence-corrected chi connectivity index (χ1v) is 43.8. The molecule has 0 radical (unpaired) electrons. The molecule has 0 amide bonds. The molecule has 25 rings (SSSR count). The first kappa shape index (κ1) is 70.4. The normalized spacial score (nSPS) is 13.5. The van der Waals surface area contributed by atoms with Crippen molar-refractivity contribution in [3.8, 4) is 44.5 Å². The average molecular weight is 1590 g/mol. The molecule has 2 aliphatic heterocycles. The molecule has 0 atom stereocenters. The number of fused-ring (bicyclic) bond motifs is 18. The predicted molar refractivity (Wildman–Crippen MR) is 516 cm³/mol. The quantitative estimate of drug-likeness (QED) is 0.128. The number of aryl methyl sites for hydroxylation is 4. The Labute approximate surface area is 714 Å². The number of hydrogen-bond acceptors (Lipinski definition) is 6. The van der Waals surface area contributed by atoms with Gasteiger partial charge in [-0.2, -0.15) is 0 Å². The van der Waals surface area contributed by atoms with E-state index in [9.17, 15) is 0 Å². The fourth-order valence-electron chi connectivity index (χ4n) is 21.0. The summed E-state index contributed by atoms with van der Waals surface area (Å²) in [4.78, 5) is 5.20. The number of hydrogen-bond donors (Lipinski definition) is 0. The minimum Gasteiger partial charge on any atom is -0.456 e. The van der Waals surface area contributed by atoms with E-state index >= 15 is 0 Å². The largest absolute Gasteiger partial charge is 0.456 e. The van der Waals surface area contributed by atoms with Gasteiger partial charge in [0.1, 0.15) is 22.3 Å². The molecule has 0 bridgehead atoms. The number of nitrogens with zero attached hydrogens (tertiary/aromatic N) is 2. The zero-order valence-corrected chi connectivity index (χ0v) is 69.1. The van der Waals surface area contributed by atoms with Crippen LogP contribution in [0.3, 0.4) is 0 Å². The highest BCUT2D eigenvalue weighted by molar-refractivity contribution is 7.26. The fourth-order valence-corrected chi connectivity index (χ4v) is 23.2. The third-order valence-corrected chi connectivity index (χ3v) is 28.9. The van der Waals surface area contributed by atoms with Crippen LogP contribution in [0.5, 0.6) is 0 Å². The van der Waals surface area contributed by atoms with E-state index in [-0.39, 0.29) is 0 Å². The van der Waals surface area contributed by atoms with Crippen molar-refractivity contribution >= 4 is 163 Å². The lowest BCUT2D eigenvalue weighted by molar-refractivity contribution is 0.668. The molecular weight excluding hydrogens is 1520 g/mol. The molecule has 0 unspecified atom stereocenters. The third kappa shape index (κ3) is 10.4. The van der Waals surface area contributed by atoms with Crippen LogP contribution in [0.2, 0.25) is 0 Å². The summed E-state index contributed by atoms with van der Waals surface area (Å²) in [5.41, 5.74) is 32.0. The molecule has 0 saturated carbocycles. The molecule has 4 nitrogen and oxygen atoms in total. The molecule has 0 N–H and O–H groups in total. The van der Waals surface area contributed by atoms with E-state index in [1.54, 1.807) is 0 Å². The van der Waals surface area contributed by atoms with Gasteiger partial charge >= 0.3 is 0 Å². The number of furan rings is 2. The number of benzene rings is 19. The average Bonchev–Trinajstić information content (AvgIpc) is 1.04. The van der Waals surface area contributed by atoms with Crippen LogP contribution in [0.25, 0.3) is 150 Å². The number of anilines is 6. The van der Waals surface area contributed by atoms with Crippen LogP contribution < -0.4 is 9.80 Å². The van der Waals surface area contributed by atoms with Crippen molar-refractivity contribution in [2.45, 2.75) is 38.5 Å². The predicted octanol–water partition coefficient (Wildman–Crippen LogP) is 32.8. The summed E-state index contributed by atoms with van der Waals surface area (Å²) in [5, 5.41) is 13.7. The molecule has 0 spiro atoms. The Morgan fingerprint density at radius 2 is 0.533 bits per heavy atom. The second-order valence-electron chi connectivity index (χ2n) is 33.6. The maximum absolute atomic E-state index is 6.93. The van der Waals surface area contributed by atoms with Crippen molar-refractivity contribution in [1.82, 2.24) is 0 Å². The smallest absolute Gasteiger partial charge is 0.135 e. The molecule has 0 fully saturated rings. The van der Waals surface area contributed by atoms with E-state index < -0.39 is 10.8 Å². The van der Waals surface area contributed by atoms with E-state index in [4.69, 9.17) is 8.83 Å². The van der Waals surface area contributed by atoms with Crippen LogP contribution >= 0.6 is 22.7 Å².